The third-order valence-electron chi connectivity index (χ3n) is 5.65. The second-order valence-corrected chi connectivity index (χ2v) is 8.29. The van der Waals surface area contributed by atoms with Crippen molar-refractivity contribution in [3.05, 3.63) is 92.0 Å². The van der Waals surface area contributed by atoms with Crippen LogP contribution in [0.2, 0.25) is 0 Å². The van der Waals surface area contributed by atoms with Crippen LogP contribution in [0.3, 0.4) is 0 Å². The molecular formula is C27H22N4O10. The van der Waals surface area contributed by atoms with Gasteiger partial charge in [-0.1, -0.05) is 12.1 Å². The van der Waals surface area contributed by atoms with E-state index < -0.39 is 39.1 Å². The highest BCUT2D eigenvalue weighted by Gasteiger charge is 2.38. The highest BCUT2D eigenvalue weighted by molar-refractivity contribution is 6.39. The molecule has 0 radical (unpaired) electrons. The number of amides is 4. The van der Waals surface area contributed by atoms with Gasteiger partial charge in [0.2, 0.25) is 5.75 Å². The number of nitrogens with one attached hydrogen (secondary N) is 1. The Kier molecular flexibility index (Phi) is 8.22. The molecule has 0 unspecified atom stereocenters. The van der Waals surface area contributed by atoms with E-state index in [2.05, 4.69) is 5.32 Å². The van der Waals surface area contributed by atoms with Crippen LogP contribution in [0, 0.1) is 20.2 Å². The maximum atomic E-state index is 13.4. The van der Waals surface area contributed by atoms with E-state index in [1.807, 2.05) is 0 Å². The van der Waals surface area contributed by atoms with Gasteiger partial charge in [0.1, 0.15) is 22.8 Å². The lowest BCUT2D eigenvalue weighted by atomic mass is 10.1. The smallest absolute Gasteiger partial charge is 0.336 e. The molecule has 41 heavy (non-hydrogen) atoms. The molecule has 0 aromatic heterocycles. The summed E-state index contributed by atoms with van der Waals surface area (Å²) in [5.41, 5.74) is -0.941. The Morgan fingerprint density at radius 3 is 2.12 bits per heavy atom. The molecule has 0 bridgehead atoms. The van der Waals surface area contributed by atoms with E-state index in [-0.39, 0.29) is 35.1 Å². The van der Waals surface area contributed by atoms with Gasteiger partial charge in [0.15, 0.2) is 0 Å². The van der Waals surface area contributed by atoms with E-state index in [0.29, 0.717) is 17.9 Å². The summed E-state index contributed by atoms with van der Waals surface area (Å²) in [5, 5.41) is 24.5. The van der Waals surface area contributed by atoms with Crippen LogP contribution in [-0.2, 0) is 9.59 Å². The first-order valence-electron chi connectivity index (χ1n) is 12.1. The second kappa shape index (κ2) is 11.9. The molecule has 1 heterocycles. The predicted octanol–water partition coefficient (Wildman–Crippen LogP) is 4.76. The number of hydrogen-bond acceptors (Lipinski definition) is 10. The van der Waals surface area contributed by atoms with E-state index in [0.717, 1.165) is 23.1 Å². The first-order valence-corrected chi connectivity index (χ1v) is 12.1. The summed E-state index contributed by atoms with van der Waals surface area (Å²) in [6.45, 7) is 4.11. The van der Waals surface area contributed by atoms with Gasteiger partial charge >= 0.3 is 11.7 Å². The van der Waals surface area contributed by atoms with Crippen LogP contribution in [0.1, 0.15) is 19.4 Å². The zero-order valence-electron chi connectivity index (χ0n) is 21.7. The Morgan fingerprint density at radius 2 is 1.49 bits per heavy atom. The number of carbonyl (C=O) groups excluding carboxylic acids is 3. The third-order valence-corrected chi connectivity index (χ3v) is 5.65. The van der Waals surface area contributed by atoms with Crippen LogP contribution in [0.5, 0.6) is 23.0 Å². The van der Waals surface area contributed by atoms with Crippen molar-refractivity contribution in [3.63, 3.8) is 0 Å². The second-order valence-electron chi connectivity index (χ2n) is 8.29. The monoisotopic (exact) mass is 562 g/mol. The van der Waals surface area contributed by atoms with Crippen LogP contribution in [0.25, 0.3) is 6.08 Å². The average molecular weight is 562 g/mol. The Balaban J connectivity index is 1.62. The van der Waals surface area contributed by atoms with Crippen molar-refractivity contribution in [2.24, 2.45) is 0 Å². The maximum absolute atomic E-state index is 13.4. The summed E-state index contributed by atoms with van der Waals surface area (Å²) in [7, 11) is 0. The van der Waals surface area contributed by atoms with Crippen LogP contribution in [0.4, 0.5) is 21.9 Å². The molecule has 1 saturated heterocycles. The molecule has 210 valence electrons. The van der Waals surface area contributed by atoms with Gasteiger partial charge in [0, 0.05) is 12.1 Å². The lowest BCUT2D eigenvalue weighted by Crippen LogP contribution is -2.54. The van der Waals surface area contributed by atoms with Crippen molar-refractivity contribution in [2.75, 3.05) is 18.1 Å². The minimum Gasteiger partial charge on any atom is -0.494 e. The standard InChI is InChI=1S/C27H22N4O10/c1-3-39-19-10-12-23(40-4-2)21(15-19)29-26(33)20(25(32)28-27(29)34)13-16-5-8-18(9-6-16)41-24-11-7-17(30(35)36)14-22(24)31(37)38/h5-15H,3-4H2,1-2H3,(H,28,32,34)/b20-13+. The molecule has 1 fully saturated rings. The quantitative estimate of drug-likeness (QED) is 0.157. The molecule has 4 rings (SSSR count). The number of urea groups is 1. The minimum absolute atomic E-state index is 0.0899. The number of nitro benzene ring substituents is 2. The van der Waals surface area contributed by atoms with Crippen molar-refractivity contribution in [2.45, 2.75) is 13.8 Å². The molecular weight excluding hydrogens is 540 g/mol. The number of ether oxygens (including phenoxy) is 3. The largest absolute Gasteiger partial charge is 0.494 e. The lowest BCUT2D eigenvalue weighted by Gasteiger charge is -2.28. The zero-order valence-corrected chi connectivity index (χ0v) is 21.7. The van der Waals surface area contributed by atoms with Crippen LogP contribution in [0.15, 0.2) is 66.2 Å². The summed E-state index contributed by atoms with van der Waals surface area (Å²) in [6, 6.07) is 12.4. The van der Waals surface area contributed by atoms with Crippen molar-refractivity contribution in [3.8, 4) is 23.0 Å². The number of nitro groups is 2. The molecule has 3 aromatic rings. The minimum atomic E-state index is -0.958. The summed E-state index contributed by atoms with van der Waals surface area (Å²) in [6.07, 6.45) is 1.27. The predicted molar refractivity (Wildman–Crippen MR) is 144 cm³/mol. The van der Waals surface area contributed by atoms with Gasteiger partial charge in [-0.2, -0.15) is 0 Å². The van der Waals surface area contributed by atoms with Crippen molar-refractivity contribution in [1.29, 1.82) is 0 Å². The number of barbiturate groups is 1. The fourth-order valence-corrected chi connectivity index (χ4v) is 3.86. The van der Waals surface area contributed by atoms with Gasteiger partial charge in [0.05, 0.1) is 34.8 Å². The number of benzene rings is 3. The van der Waals surface area contributed by atoms with Gasteiger partial charge < -0.3 is 14.2 Å². The molecule has 4 amide bonds. The molecule has 14 heteroatoms. The number of rotatable bonds is 10. The summed E-state index contributed by atoms with van der Waals surface area (Å²) in [5.74, 6) is -1.25. The van der Waals surface area contributed by atoms with E-state index >= 15 is 0 Å². The Hall–Kier alpha value is -5.79. The molecule has 1 aliphatic heterocycles. The van der Waals surface area contributed by atoms with E-state index in [4.69, 9.17) is 14.2 Å². The number of imide groups is 2. The Labute approximate surface area is 232 Å². The van der Waals surface area contributed by atoms with Crippen molar-refractivity contribution >= 4 is 41.0 Å². The van der Waals surface area contributed by atoms with Gasteiger partial charge in [-0.15, -0.1) is 0 Å². The summed E-state index contributed by atoms with van der Waals surface area (Å²) < 4.78 is 16.6. The molecule has 1 aliphatic rings. The normalized spacial score (nSPS) is 14.0. The van der Waals surface area contributed by atoms with Crippen LogP contribution in [-0.4, -0.2) is 40.9 Å². The molecule has 0 aliphatic carbocycles. The molecule has 0 saturated carbocycles. The highest BCUT2D eigenvalue weighted by atomic mass is 16.6. The third kappa shape index (κ3) is 6.11. The van der Waals surface area contributed by atoms with Gasteiger partial charge in [-0.05, 0) is 55.8 Å². The van der Waals surface area contributed by atoms with Gasteiger partial charge in [-0.25, -0.2) is 9.69 Å². The zero-order chi connectivity index (χ0) is 29.7. The lowest BCUT2D eigenvalue weighted by molar-refractivity contribution is -0.394. The van der Waals surface area contributed by atoms with Gasteiger partial charge in [0.25, 0.3) is 17.5 Å². The highest BCUT2D eigenvalue weighted by Crippen LogP contribution is 2.36. The van der Waals surface area contributed by atoms with Crippen molar-refractivity contribution in [1.82, 2.24) is 5.32 Å². The molecule has 14 nitrogen and oxygen atoms in total. The van der Waals surface area contributed by atoms with Gasteiger partial charge in [-0.3, -0.25) is 35.1 Å². The average Bonchev–Trinajstić information content (AvgIpc) is 2.93. The maximum Gasteiger partial charge on any atom is 0.336 e. The van der Waals surface area contributed by atoms with Crippen LogP contribution >= 0.6 is 0 Å². The molecule has 1 N–H and O–H groups in total. The van der Waals surface area contributed by atoms with E-state index in [1.165, 1.54) is 36.4 Å². The fraction of sp³-hybridized carbons (Fsp3) is 0.148. The summed E-state index contributed by atoms with van der Waals surface area (Å²) >= 11 is 0. The van der Waals surface area contributed by atoms with Crippen LogP contribution < -0.4 is 24.4 Å². The first-order chi connectivity index (χ1) is 19.6. The first kappa shape index (κ1) is 28.2. The van der Waals surface area contributed by atoms with E-state index in [1.54, 1.807) is 26.0 Å². The Morgan fingerprint density at radius 1 is 0.829 bits per heavy atom. The summed E-state index contributed by atoms with van der Waals surface area (Å²) in [4.78, 5) is 60.3. The Bertz CT molecular complexity index is 1580. The molecule has 3 aromatic carbocycles. The van der Waals surface area contributed by atoms with Crippen molar-refractivity contribution < 1.29 is 38.4 Å². The van der Waals surface area contributed by atoms with E-state index in [9.17, 15) is 34.6 Å². The SMILES string of the molecule is CCOc1ccc(OCC)c(N2C(=O)NC(=O)/C(=C\c3ccc(Oc4ccc([N+](=O)[O-])cc4[N+](=O)[O-])cc3)C2=O)c1. The number of non-ortho nitro benzene ring substituents is 1. The fourth-order valence-electron chi connectivity index (χ4n) is 3.86. The molecule has 0 spiro atoms. The molecule has 0 atom stereocenters. The number of hydrogen-bond donors (Lipinski definition) is 1. The number of nitrogens with zero attached hydrogens (tertiary/aromatic N) is 3. The number of anilines is 1. The topological polar surface area (TPSA) is 180 Å². The number of carbonyl (C=O) groups is 3.